The van der Waals surface area contributed by atoms with Crippen LogP contribution in [0, 0.1) is 0 Å². The summed E-state index contributed by atoms with van der Waals surface area (Å²) < 4.78 is 17.2. The number of benzene rings is 1. The van der Waals surface area contributed by atoms with E-state index in [4.69, 9.17) is 14.2 Å². The average molecular weight is 344 g/mol. The highest BCUT2D eigenvalue weighted by Gasteiger charge is 2.51. The van der Waals surface area contributed by atoms with Gasteiger partial charge in [-0.05, 0) is 5.56 Å². The maximum absolute atomic E-state index is 12.5. The number of nitrogens with zero attached hydrogens (tertiary/aromatic N) is 3. The molecule has 1 aromatic heterocycles. The van der Waals surface area contributed by atoms with E-state index in [1.165, 1.54) is 6.33 Å². The summed E-state index contributed by atoms with van der Waals surface area (Å²) in [4.78, 5) is 18.4. The Balaban J connectivity index is 1.44. The lowest BCUT2D eigenvalue weighted by Gasteiger charge is -2.42. The summed E-state index contributed by atoms with van der Waals surface area (Å²) in [6, 6.07) is 9.62. The molecule has 2 fully saturated rings. The van der Waals surface area contributed by atoms with Crippen LogP contribution in [0.25, 0.3) is 0 Å². The van der Waals surface area contributed by atoms with Crippen LogP contribution < -0.4 is 0 Å². The molecule has 1 aromatic carbocycles. The molecule has 25 heavy (non-hydrogen) atoms. The van der Waals surface area contributed by atoms with Gasteiger partial charge in [-0.25, -0.2) is 9.78 Å². The van der Waals surface area contributed by atoms with Crippen molar-refractivity contribution in [3.63, 3.8) is 0 Å². The van der Waals surface area contributed by atoms with Crippen molar-refractivity contribution in [3.05, 3.63) is 48.0 Å². The van der Waals surface area contributed by atoms with Crippen LogP contribution in [0.15, 0.2) is 36.7 Å². The molecule has 2 aromatic rings. The first-order chi connectivity index (χ1) is 12.3. The van der Waals surface area contributed by atoms with Crippen molar-refractivity contribution < 1.29 is 19.0 Å². The molecule has 1 amide bonds. The maximum Gasteiger partial charge on any atom is 0.410 e. The Morgan fingerprint density at radius 3 is 2.84 bits per heavy atom. The van der Waals surface area contributed by atoms with E-state index in [0.29, 0.717) is 38.5 Å². The zero-order chi connectivity index (χ0) is 17.1. The van der Waals surface area contributed by atoms with Gasteiger partial charge in [0.25, 0.3) is 0 Å². The second kappa shape index (κ2) is 6.81. The van der Waals surface area contributed by atoms with E-state index in [0.717, 1.165) is 5.56 Å². The van der Waals surface area contributed by atoms with Crippen molar-refractivity contribution >= 4 is 6.09 Å². The number of H-pyrrole nitrogens is 1. The van der Waals surface area contributed by atoms with E-state index in [1.54, 1.807) is 4.90 Å². The van der Waals surface area contributed by atoms with Gasteiger partial charge < -0.3 is 19.1 Å². The normalized spacial score (nSPS) is 22.2. The number of carbonyl (C=O) groups is 1. The zero-order valence-electron chi connectivity index (χ0n) is 13.8. The van der Waals surface area contributed by atoms with Gasteiger partial charge in [0.05, 0.1) is 19.1 Å². The highest BCUT2D eigenvalue weighted by molar-refractivity contribution is 5.68. The zero-order valence-corrected chi connectivity index (χ0v) is 13.8. The second-order valence-electron chi connectivity index (χ2n) is 6.17. The number of amides is 1. The first-order valence-corrected chi connectivity index (χ1v) is 8.36. The number of ether oxygens (including phenoxy) is 3. The molecule has 2 aliphatic rings. The monoisotopic (exact) mass is 344 g/mol. The Bertz CT molecular complexity index is 701. The van der Waals surface area contributed by atoms with E-state index in [9.17, 15) is 4.79 Å². The summed E-state index contributed by atoms with van der Waals surface area (Å²) in [6.07, 6.45) is 1.67. The van der Waals surface area contributed by atoms with Crippen LogP contribution in [0.2, 0.25) is 0 Å². The van der Waals surface area contributed by atoms with Crippen LogP contribution in [0.4, 0.5) is 4.79 Å². The Kier molecular flexibility index (Phi) is 4.37. The molecule has 1 atom stereocenters. The third kappa shape index (κ3) is 3.22. The van der Waals surface area contributed by atoms with E-state index in [2.05, 4.69) is 15.2 Å². The van der Waals surface area contributed by atoms with E-state index < -0.39 is 5.79 Å². The molecule has 1 spiro atoms. The lowest BCUT2D eigenvalue weighted by molar-refractivity contribution is -0.198. The van der Waals surface area contributed by atoms with Gasteiger partial charge in [0, 0.05) is 19.5 Å². The molecule has 4 rings (SSSR count). The summed E-state index contributed by atoms with van der Waals surface area (Å²) >= 11 is 0. The van der Waals surface area contributed by atoms with Gasteiger partial charge in [-0.2, -0.15) is 5.10 Å². The van der Waals surface area contributed by atoms with Crippen LogP contribution >= 0.6 is 0 Å². The maximum atomic E-state index is 12.5. The predicted octanol–water partition coefficient (Wildman–Crippen LogP) is 1.67. The number of aromatic nitrogens is 3. The van der Waals surface area contributed by atoms with E-state index in [-0.39, 0.29) is 18.6 Å². The first kappa shape index (κ1) is 16.0. The van der Waals surface area contributed by atoms with Gasteiger partial charge in [-0.15, -0.1) is 0 Å². The molecular formula is C17H20N4O4. The van der Waals surface area contributed by atoms with Crippen molar-refractivity contribution in [2.45, 2.75) is 24.7 Å². The number of nitrogens with one attached hydrogen (secondary N) is 1. The largest absolute Gasteiger partial charge is 0.445 e. The third-order valence-corrected chi connectivity index (χ3v) is 4.67. The van der Waals surface area contributed by atoms with Gasteiger partial charge in [0.2, 0.25) is 0 Å². The molecule has 2 saturated heterocycles. The quantitative estimate of drug-likeness (QED) is 0.911. The van der Waals surface area contributed by atoms with Crippen LogP contribution in [-0.2, 0) is 20.8 Å². The van der Waals surface area contributed by atoms with Crippen LogP contribution in [-0.4, -0.2) is 58.3 Å². The average Bonchev–Trinajstić information content (AvgIpc) is 3.34. The third-order valence-electron chi connectivity index (χ3n) is 4.67. The van der Waals surface area contributed by atoms with Gasteiger partial charge in [-0.3, -0.25) is 5.10 Å². The Morgan fingerprint density at radius 1 is 1.32 bits per heavy atom. The van der Waals surface area contributed by atoms with Crippen LogP contribution in [0.5, 0.6) is 0 Å². The number of piperidine rings is 1. The van der Waals surface area contributed by atoms with Crippen molar-refractivity contribution in [1.29, 1.82) is 0 Å². The summed E-state index contributed by atoms with van der Waals surface area (Å²) in [7, 11) is 0. The summed E-state index contributed by atoms with van der Waals surface area (Å²) in [5, 5.41) is 6.79. The molecule has 0 aliphatic carbocycles. The van der Waals surface area contributed by atoms with E-state index in [1.807, 2.05) is 30.3 Å². The minimum atomic E-state index is -0.740. The van der Waals surface area contributed by atoms with Gasteiger partial charge in [0.15, 0.2) is 5.79 Å². The molecule has 132 valence electrons. The Labute approximate surface area is 145 Å². The van der Waals surface area contributed by atoms with Crippen molar-refractivity contribution in [2.75, 3.05) is 26.3 Å². The highest BCUT2D eigenvalue weighted by atomic mass is 16.7. The number of likely N-dealkylation sites (tertiary alicyclic amines) is 1. The summed E-state index contributed by atoms with van der Waals surface area (Å²) in [5.74, 6) is -0.312. The number of hydrogen-bond donors (Lipinski definition) is 1. The second-order valence-corrected chi connectivity index (χ2v) is 6.17. The van der Waals surface area contributed by atoms with Crippen molar-refractivity contribution in [3.8, 4) is 0 Å². The molecule has 8 nitrogen and oxygen atoms in total. The van der Waals surface area contributed by atoms with Gasteiger partial charge in [-0.1, -0.05) is 30.3 Å². The smallest absolute Gasteiger partial charge is 0.410 e. The minimum absolute atomic E-state index is 0.226. The topological polar surface area (TPSA) is 89.6 Å². The molecule has 1 N–H and O–H groups in total. The molecule has 8 heteroatoms. The van der Waals surface area contributed by atoms with E-state index >= 15 is 0 Å². The first-order valence-electron chi connectivity index (χ1n) is 8.36. The molecule has 0 radical (unpaired) electrons. The van der Waals surface area contributed by atoms with Gasteiger partial charge in [0.1, 0.15) is 18.8 Å². The lowest BCUT2D eigenvalue weighted by atomic mass is 9.90. The molecule has 3 heterocycles. The SMILES string of the molecule is O=C(OCc1ccccc1)N1CCC2(OCCO2)C(c2ncn[nH]2)C1. The Morgan fingerprint density at radius 2 is 2.12 bits per heavy atom. The predicted molar refractivity (Wildman–Crippen MR) is 86.6 cm³/mol. The molecular weight excluding hydrogens is 324 g/mol. The number of aromatic amines is 1. The number of carbonyl (C=O) groups excluding carboxylic acids is 1. The minimum Gasteiger partial charge on any atom is -0.445 e. The van der Waals surface area contributed by atoms with Crippen LogP contribution in [0.1, 0.15) is 23.7 Å². The summed E-state index contributed by atoms with van der Waals surface area (Å²) in [5.41, 5.74) is 0.957. The number of rotatable bonds is 3. The fourth-order valence-electron chi connectivity index (χ4n) is 3.39. The van der Waals surface area contributed by atoms with Crippen molar-refractivity contribution in [1.82, 2.24) is 20.1 Å². The lowest BCUT2D eigenvalue weighted by Crippen LogP contribution is -2.53. The molecule has 2 aliphatic heterocycles. The molecule has 1 unspecified atom stereocenters. The van der Waals surface area contributed by atoms with Crippen molar-refractivity contribution in [2.24, 2.45) is 0 Å². The standard InChI is InChI=1S/C17H20N4O4/c22-16(23-11-13-4-2-1-3-5-13)21-7-6-17(24-8-9-25-17)14(10-21)15-18-12-19-20-15/h1-5,12,14H,6-11H2,(H,18,19,20). The fourth-order valence-corrected chi connectivity index (χ4v) is 3.39. The van der Waals surface area contributed by atoms with Crippen LogP contribution in [0.3, 0.4) is 0 Å². The highest BCUT2D eigenvalue weighted by Crippen LogP contribution is 2.41. The number of hydrogen-bond acceptors (Lipinski definition) is 6. The summed E-state index contributed by atoms with van der Waals surface area (Å²) in [6.45, 7) is 2.26. The van der Waals surface area contributed by atoms with Gasteiger partial charge >= 0.3 is 6.09 Å². The fraction of sp³-hybridized carbons (Fsp3) is 0.471. The Hall–Kier alpha value is -2.45. The molecule has 0 bridgehead atoms. The molecule has 0 saturated carbocycles.